The van der Waals surface area contributed by atoms with Gasteiger partial charge < -0.3 is 10.1 Å². The molecule has 2 atom stereocenters. The summed E-state index contributed by atoms with van der Waals surface area (Å²) >= 11 is 0. The minimum absolute atomic E-state index is 0.0384. The fourth-order valence-electron chi connectivity index (χ4n) is 2.05. The van der Waals surface area contributed by atoms with Crippen LogP contribution in [0.25, 0.3) is 0 Å². The number of hydrogen-bond acceptors (Lipinski definition) is 3. The quantitative estimate of drug-likeness (QED) is 0.819. The van der Waals surface area contributed by atoms with Gasteiger partial charge >= 0.3 is 0 Å². The van der Waals surface area contributed by atoms with Gasteiger partial charge in [-0.15, -0.1) is 0 Å². The minimum Gasteiger partial charge on any atom is -0.377 e. The van der Waals surface area contributed by atoms with Crippen molar-refractivity contribution >= 4 is 11.7 Å². The lowest BCUT2D eigenvalue weighted by atomic mass is 9.99. The lowest BCUT2D eigenvalue weighted by molar-refractivity contribution is -0.121. The molecule has 1 aromatic heterocycles. The molecule has 2 heterocycles. The molecule has 17 heavy (non-hydrogen) atoms. The first-order valence-corrected chi connectivity index (χ1v) is 5.75. The third-order valence-electron chi connectivity index (χ3n) is 2.92. The zero-order valence-corrected chi connectivity index (χ0v) is 9.65. The number of halogens is 1. The summed E-state index contributed by atoms with van der Waals surface area (Å²) < 4.78 is 18.3. The standard InChI is InChI=1S/C12H15FN2O2/c1-2-9-8(6-7-17-9)12(16)15-11-5-3-4-10(13)14-11/h3-5,8-9H,2,6-7H2,1H3,(H,14,15,16). The average Bonchev–Trinajstić information content (AvgIpc) is 2.77. The van der Waals surface area contributed by atoms with Gasteiger partial charge in [0.25, 0.3) is 0 Å². The van der Waals surface area contributed by atoms with Crippen molar-refractivity contribution in [1.82, 2.24) is 4.98 Å². The summed E-state index contributed by atoms with van der Waals surface area (Å²) in [5, 5.41) is 2.62. The largest absolute Gasteiger partial charge is 0.377 e. The Morgan fingerprint density at radius 2 is 2.47 bits per heavy atom. The van der Waals surface area contributed by atoms with Gasteiger partial charge in [0.1, 0.15) is 5.82 Å². The number of nitrogens with one attached hydrogen (secondary N) is 1. The van der Waals surface area contributed by atoms with Gasteiger partial charge in [0.2, 0.25) is 11.9 Å². The summed E-state index contributed by atoms with van der Waals surface area (Å²) in [7, 11) is 0. The summed E-state index contributed by atoms with van der Waals surface area (Å²) in [5.74, 6) is -0.660. The van der Waals surface area contributed by atoms with E-state index in [0.29, 0.717) is 13.0 Å². The van der Waals surface area contributed by atoms with Gasteiger partial charge in [-0.05, 0) is 25.0 Å². The molecule has 5 heteroatoms. The number of carbonyl (C=O) groups excluding carboxylic acids is 1. The highest BCUT2D eigenvalue weighted by Gasteiger charge is 2.32. The van der Waals surface area contributed by atoms with Crippen molar-refractivity contribution < 1.29 is 13.9 Å². The molecular formula is C12H15FN2O2. The summed E-state index contributed by atoms with van der Waals surface area (Å²) in [5.41, 5.74) is 0. The molecule has 1 aliphatic rings. The molecule has 0 saturated carbocycles. The number of ether oxygens (including phenoxy) is 1. The van der Waals surface area contributed by atoms with Gasteiger partial charge in [0, 0.05) is 6.61 Å². The monoisotopic (exact) mass is 238 g/mol. The molecule has 1 N–H and O–H groups in total. The first-order valence-electron chi connectivity index (χ1n) is 5.75. The molecule has 0 spiro atoms. The summed E-state index contributed by atoms with van der Waals surface area (Å²) in [4.78, 5) is 15.5. The maximum absolute atomic E-state index is 12.9. The summed E-state index contributed by atoms with van der Waals surface area (Å²) in [6.07, 6.45) is 1.47. The average molecular weight is 238 g/mol. The number of aromatic nitrogens is 1. The van der Waals surface area contributed by atoms with Crippen molar-refractivity contribution in [3.8, 4) is 0 Å². The fraction of sp³-hybridized carbons (Fsp3) is 0.500. The summed E-state index contributed by atoms with van der Waals surface area (Å²) in [6.45, 7) is 2.59. The molecule has 2 unspecified atom stereocenters. The van der Waals surface area contributed by atoms with Crippen LogP contribution in [-0.2, 0) is 9.53 Å². The van der Waals surface area contributed by atoms with Crippen LogP contribution in [0.3, 0.4) is 0 Å². The fourth-order valence-corrected chi connectivity index (χ4v) is 2.05. The van der Waals surface area contributed by atoms with Crippen LogP contribution in [-0.4, -0.2) is 23.6 Å². The van der Waals surface area contributed by atoms with Crippen molar-refractivity contribution in [3.05, 3.63) is 24.1 Å². The van der Waals surface area contributed by atoms with Gasteiger partial charge in [0.05, 0.1) is 12.0 Å². The minimum atomic E-state index is -0.600. The maximum Gasteiger partial charge on any atom is 0.231 e. The van der Waals surface area contributed by atoms with Gasteiger partial charge in [-0.1, -0.05) is 13.0 Å². The van der Waals surface area contributed by atoms with Crippen LogP contribution in [0.15, 0.2) is 18.2 Å². The van der Waals surface area contributed by atoms with E-state index in [4.69, 9.17) is 4.74 Å². The van der Waals surface area contributed by atoms with E-state index in [1.165, 1.54) is 12.1 Å². The molecule has 0 bridgehead atoms. The molecule has 1 fully saturated rings. The second-order valence-electron chi connectivity index (χ2n) is 4.05. The topological polar surface area (TPSA) is 51.2 Å². The van der Waals surface area contributed by atoms with Crippen LogP contribution in [0.1, 0.15) is 19.8 Å². The molecule has 0 aliphatic carbocycles. The van der Waals surface area contributed by atoms with Gasteiger partial charge in [-0.25, -0.2) is 4.98 Å². The Bertz CT molecular complexity index is 411. The highest BCUT2D eigenvalue weighted by Crippen LogP contribution is 2.24. The van der Waals surface area contributed by atoms with Crippen LogP contribution in [0.2, 0.25) is 0 Å². The normalized spacial score (nSPS) is 23.6. The Hall–Kier alpha value is -1.49. The van der Waals surface area contributed by atoms with E-state index >= 15 is 0 Å². The van der Waals surface area contributed by atoms with Crippen molar-refractivity contribution in [3.63, 3.8) is 0 Å². The Morgan fingerprint density at radius 3 is 3.18 bits per heavy atom. The molecule has 0 aromatic carbocycles. The Balaban J connectivity index is 2.01. The molecule has 92 valence electrons. The van der Waals surface area contributed by atoms with E-state index in [2.05, 4.69) is 10.3 Å². The lowest BCUT2D eigenvalue weighted by Crippen LogP contribution is -2.29. The van der Waals surface area contributed by atoms with Crippen LogP contribution < -0.4 is 5.32 Å². The number of nitrogens with zero attached hydrogens (tertiary/aromatic N) is 1. The Morgan fingerprint density at radius 1 is 1.65 bits per heavy atom. The van der Waals surface area contributed by atoms with Crippen molar-refractivity contribution in [2.24, 2.45) is 5.92 Å². The maximum atomic E-state index is 12.9. The number of pyridine rings is 1. The SMILES string of the molecule is CCC1OCCC1C(=O)Nc1cccc(F)n1. The number of hydrogen-bond donors (Lipinski definition) is 1. The van der Waals surface area contributed by atoms with Gasteiger partial charge in [0.15, 0.2) is 0 Å². The molecule has 1 aliphatic heterocycles. The van der Waals surface area contributed by atoms with E-state index in [-0.39, 0.29) is 23.7 Å². The highest BCUT2D eigenvalue weighted by atomic mass is 19.1. The van der Waals surface area contributed by atoms with Crippen LogP contribution in [0.4, 0.5) is 10.2 Å². The molecule has 0 radical (unpaired) electrons. The predicted molar refractivity (Wildman–Crippen MR) is 61.0 cm³/mol. The molecule has 1 amide bonds. The molecule has 1 saturated heterocycles. The molecular weight excluding hydrogens is 223 g/mol. The number of anilines is 1. The molecule has 1 aromatic rings. The second kappa shape index (κ2) is 5.23. The lowest BCUT2D eigenvalue weighted by Gasteiger charge is -2.15. The van der Waals surface area contributed by atoms with Crippen LogP contribution in [0.5, 0.6) is 0 Å². The number of amides is 1. The molecule has 2 rings (SSSR count). The van der Waals surface area contributed by atoms with E-state index in [1.54, 1.807) is 6.07 Å². The van der Waals surface area contributed by atoms with E-state index < -0.39 is 5.95 Å². The third-order valence-corrected chi connectivity index (χ3v) is 2.92. The van der Waals surface area contributed by atoms with E-state index in [0.717, 1.165) is 6.42 Å². The number of rotatable bonds is 3. The Kier molecular flexibility index (Phi) is 3.68. The van der Waals surface area contributed by atoms with E-state index in [1.807, 2.05) is 6.92 Å². The number of carbonyl (C=O) groups is 1. The van der Waals surface area contributed by atoms with Crippen LogP contribution >= 0.6 is 0 Å². The van der Waals surface area contributed by atoms with Crippen molar-refractivity contribution in [2.45, 2.75) is 25.9 Å². The first kappa shape index (κ1) is 12.0. The highest BCUT2D eigenvalue weighted by molar-refractivity contribution is 5.92. The van der Waals surface area contributed by atoms with Gasteiger partial charge in [-0.3, -0.25) is 4.79 Å². The molecule has 4 nitrogen and oxygen atoms in total. The zero-order valence-electron chi connectivity index (χ0n) is 9.65. The van der Waals surface area contributed by atoms with Crippen molar-refractivity contribution in [2.75, 3.05) is 11.9 Å². The predicted octanol–water partition coefficient (Wildman–Crippen LogP) is 1.97. The van der Waals surface area contributed by atoms with Gasteiger partial charge in [-0.2, -0.15) is 4.39 Å². The Labute approximate surface area is 99.2 Å². The summed E-state index contributed by atoms with van der Waals surface area (Å²) in [6, 6.07) is 4.32. The first-order chi connectivity index (χ1) is 8.20. The van der Waals surface area contributed by atoms with Crippen molar-refractivity contribution in [1.29, 1.82) is 0 Å². The smallest absolute Gasteiger partial charge is 0.231 e. The van der Waals surface area contributed by atoms with Crippen LogP contribution in [0, 0.1) is 11.9 Å². The third kappa shape index (κ3) is 2.79. The van der Waals surface area contributed by atoms with E-state index in [9.17, 15) is 9.18 Å². The second-order valence-corrected chi connectivity index (χ2v) is 4.05. The zero-order chi connectivity index (χ0) is 12.3.